The Hall–Kier alpha value is -2.65. The third-order valence-electron chi connectivity index (χ3n) is 3.79. The lowest BCUT2D eigenvalue weighted by Crippen LogP contribution is -2.02. The number of rotatable bonds is 3. The van der Waals surface area contributed by atoms with Crippen molar-refractivity contribution in [1.29, 1.82) is 0 Å². The van der Waals surface area contributed by atoms with Crippen molar-refractivity contribution in [2.24, 2.45) is 0 Å². The number of hydrogen-bond acceptors (Lipinski definition) is 2. The number of pyridine rings is 1. The summed E-state index contributed by atoms with van der Waals surface area (Å²) < 4.78 is 2.17. The van der Waals surface area contributed by atoms with Gasteiger partial charge in [0, 0.05) is 17.8 Å². The van der Waals surface area contributed by atoms with Crippen molar-refractivity contribution in [3.63, 3.8) is 0 Å². The Balaban J connectivity index is 1.93. The summed E-state index contributed by atoms with van der Waals surface area (Å²) >= 11 is 6.19. The summed E-state index contributed by atoms with van der Waals surface area (Å²) in [6, 6.07) is 22.0. The van der Waals surface area contributed by atoms with E-state index in [1.807, 2.05) is 54.6 Å². The molecule has 4 aromatic rings. The SMILES string of the molecule is Clc1ccc2nc(-c3ccccn3)n(Cc3ccccc3)c2c1. The first-order chi connectivity index (χ1) is 11.3. The van der Waals surface area contributed by atoms with E-state index < -0.39 is 0 Å². The lowest BCUT2D eigenvalue weighted by atomic mass is 10.2. The molecule has 2 aromatic carbocycles. The second kappa shape index (κ2) is 5.86. The van der Waals surface area contributed by atoms with E-state index in [-0.39, 0.29) is 0 Å². The number of aromatic nitrogens is 3. The standard InChI is InChI=1S/C19H14ClN3/c20-15-9-10-16-18(12-15)23(13-14-6-2-1-3-7-14)19(22-16)17-8-4-5-11-21-17/h1-12H,13H2. The van der Waals surface area contributed by atoms with Gasteiger partial charge in [-0.15, -0.1) is 0 Å². The minimum atomic E-state index is 0.708. The summed E-state index contributed by atoms with van der Waals surface area (Å²) in [6.45, 7) is 0.726. The smallest absolute Gasteiger partial charge is 0.160 e. The molecule has 2 aromatic heterocycles. The van der Waals surface area contributed by atoms with Crippen molar-refractivity contribution < 1.29 is 0 Å². The van der Waals surface area contributed by atoms with Gasteiger partial charge in [-0.05, 0) is 35.9 Å². The molecule has 0 saturated carbocycles. The second-order valence-electron chi connectivity index (χ2n) is 5.36. The zero-order valence-corrected chi connectivity index (χ0v) is 13.1. The van der Waals surface area contributed by atoms with E-state index in [9.17, 15) is 0 Å². The summed E-state index contributed by atoms with van der Waals surface area (Å²) in [5.41, 5.74) is 4.01. The molecule has 23 heavy (non-hydrogen) atoms. The van der Waals surface area contributed by atoms with Gasteiger partial charge in [0.1, 0.15) is 5.69 Å². The zero-order chi connectivity index (χ0) is 15.6. The fraction of sp³-hybridized carbons (Fsp3) is 0.0526. The maximum absolute atomic E-state index is 6.19. The van der Waals surface area contributed by atoms with Gasteiger partial charge in [0.25, 0.3) is 0 Å². The van der Waals surface area contributed by atoms with Gasteiger partial charge in [0.2, 0.25) is 0 Å². The molecule has 0 amide bonds. The summed E-state index contributed by atoms with van der Waals surface area (Å²) in [7, 11) is 0. The van der Waals surface area contributed by atoms with Gasteiger partial charge >= 0.3 is 0 Å². The number of fused-ring (bicyclic) bond motifs is 1. The molecule has 0 spiro atoms. The molecule has 0 aliphatic rings. The molecular weight excluding hydrogens is 306 g/mol. The highest BCUT2D eigenvalue weighted by Gasteiger charge is 2.14. The Morgan fingerprint density at radius 2 is 1.74 bits per heavy atom. The Labute approximate surface area is 139 Å². The molecule has 0 atom stereocenters. The highest BCUT2D eigenvalue weighted by Crippen LogP contribution is 2.26. The largest absolute Gasteiger partial charge is 0.318 e. The van der Waals surface area contributed by atoms with Gasteiger partial charge in [0.05, 0.1) is 11.0 Å². The maximum atomic E-state index is 6.19. The first-order valence-electron chi connectivity index (χ1n) is 7.42. The minimum absolute atomic E-state index is 0.708. The van der Waals surface area contributed by atoms with Crippen LogP contribution in [-0.4, -0.2) is 14.5 Å². The highest BCUT2D eigenvalue weighted by atomic mass is 35.5. The molecule has 4 rings (SSSR count). The van der Waals surface area contributed by atoms with Crippen molar-refractivity contribution in [3.8, 4) is 11.5 Å². The quantitative estimate of drug-likeness (QED) is 0.543. The van der Waals surface area contributed by atoms with Crippen LogP contribution < -0.4 is 0 Å². The van der Waals surface area contributed by atoms with Crippen LogP contribution in [0.25, 0.3) is 22.6 Å². The number of hydrogen-bond donors (Lipinski definition) is 0. The third kappa shape index (κ3) is 2.71. The van der Waals surface area contributed by atoms with Crippen molar-refractivity contribution >= 4 is 22.6 Å². The lowest BCUT2D eigenvalue weighted by Gasteiger charge is -2.09. The van der Waals surface area contributed by atoms with E-state index in [2.05, 4.69) is 21.7 Å². The van der Waals surface area contributed by atoms with Crippen LogP contribution in [0, 0.1) is 0 Å². The number of benzene rings is 2. The fourth-order valence-corrected chi connectivity index (χ4v) is 2.88. The van der Waals surface area contributed by atoms with Crippen LogP contribution in [-0.2, 0) is 6.54 Å². The van der Waals surface area contributed by atoms with Crippen LogP contribution in [0.2, 0.25) is 5.02 Å². The molecule has 0 aliphatic carbocycles. The van der Waals surface area contributed by atoms with Crippen molar-refractivity contribution in [3.05, 3.63) is 83.5 Å². The minimum Gasteiger partial charge on any atom is -0.318 e. The summed E-state index contributed by atoms with van der Waals surface area (Å²) in [6.07, 6.45) is 1.79. The van der Waals surface area contributed by atoms with E-state index in [1.54, 1.807) is 6.20 Å². The normalized spacial score (nSPS) is 11.0. The average molecular weight is 320 g/mol. The predicted molar refractivity (Wildman–Crippen MR) is 93.5 cm³/mol. The summed E-state index contributed by atoms with van der Waals surface area (Å²) in [5, 5.41) is 0.708. The van der Waals surface area contributed by atoms with Crippen molar-refractivity contribution in [2.75, 3.05) is 0 Å². The van der Waals surface area contributed by atoms with Gasteiger partial charge in [-0.1, -0.05) is 48.0 Å². The van der Waals surface area contributed by atoms with E-state index in [0.29, 0.717) is 5.02 Å². The molecule has 0 unspecified atom stereocenters. The second-order valence-corrected chi connectivity index (χ2v) is 5.79. The Bertz CT molecular complexity index is 946. The van der Waals surface area contributed by atoms with Gasteiger partial charge in [-0.3, -0.25) is 4.98 Å². The molecule has 2 heterocycles. The summed E-state index contributed by atoms with van der Waals surface area (Å²) in [5.74, 6) is 0.853. The van der Waals surface area contributed by atoms with Gasteiger partial charge in [0.15, 0.2) is 5.82 Å². The highest BCUT2D eigenvalue weighted by molar-refractivity contribution is 6.31. The maximum Gasteiger partial charge on any atom is 0.160 e. The van der Waals surface area contributed by atoms with Crippen molar-refractivity contribution in [1.82, 2.24) is 14.5 Å². The lowest BCUT2D eigenvalue weighted by molar-refractivity contribution is 0.830. The molecule has 0 radical (unpaired) electrons. The third-order valence-corrected chi connectivity index (χ3v) is 4.02. The number of halogens is 1. The van der Waals surface area contributed by atoms with Crippen LogP contribution in [0.4, 0.5) is 0 Å². The molecule has 4 heteroatoms. The predicted octanol–water partition coefficient (Wildman–Crippen LogP) is 4.80. The Kier molecular flexibility index (Phi) is 3.56. The Morgan fingerprint density at radius 1 is 0.913 bits per heavy atom. The molecular formula is C19H14ClN3. The van der Waals surface area contributed by atoms with Crippen LogP contribution in [0.5, 0.6) is 0 Å². The van der Waals surface area contributed by atoms with Crippen LogP contribution in [0.1, 0.15) is 5.56 Å². The molecule has 0 saturated heterocycles. The Morgan fingerprint density at radius 3 is 2.52 bits per heavy atom. The fourth-order valence-electron chi connectivity index (χ4n) is 2.71. The van der Waals surface area contributed by atoms with Gasteiger partial charge in [-0.25, -0.2) is 4.98 Å². The molecule has 3 nitrogen and oxygen atoms in total. The van der Waals surface area contributed by atoms with Crippen molar-refractivity contribution in [2.45, 2.75) is 6.54 Å². The molecule has 0 bridgehead atoms. The molecule has 0 aliphatic heterocycles. The van der Waals surface area contributed by atoms with Crippen LogP contribution in [0.3, 0.4) is 0 Å². The van der Waals surface area contributed by atoms with Gasteiger partial charge in [-0.2, -0.15) is 0 Å². The first-order valence-corrected chi connectivity index (χ1v) is 7.80. The molecule has 0 N–H and O–H groups in total. The number of nitrogens with zero attached hydrogens (tertiary/aromatic N) is 3. The van der Waals surface area contributed by atoms with E-state index >= 15 is 0 Å². The first kappa shape index (κ1) is 14.0. The topological polar surface area (TPSA) is 30.7 Å². The van der Waals surface area contributed by atoms with E-state index in [0.717, 1.165) is 29.1 Å². The average Bonchev–Trinajstić information content (AvgIpc) is 2.95. The van der Waals surface area contributed by atoms with Crippen LogP contribution in [0.15, 0.2) is 72.9 Å². The van der Waals surface area contributed by atoms with Crippen LogP contribution >= 0.6 is 11.6 Å². The van der Waals surface area contributed by atoms with Gasteiger partial charge < -0.3 is 4.57 Å². The van der Waals surface area contributed by atoms with E-state index in [1.165, 1.54) is 5.56 Å². The monoisotopic (exact) mass is 319 g/mol. The molecule has 0 fully saturated rings. The zero-order valence-electron chi connectivity index (χ0n) is 12.4. The van der Waals surface area contributed by atoms with E-state index in [4.69, 9.17) is 16.6 Å². The number of imidazole rings is 1. The molecule has 112 valence electrons. The summed E-state index contributed by atoms with van der Waals surface area (Å²) in [4.78, 5) is 9.21.